The monoisotopic (exact) mass is 488 g/mol. The van der Waals surface area contributed by atoms with E-state index >= 15 is 0 Å². The lowest BCUT2D eigenvalue weighted by Crippen LogP contribution is -2.16. The number of aromatic nitrogens is 4. The summed E-state index contributed by atoms with van der Waals surface area (Å²) in [7, 11) is -3.18. The minimum Gasteiger partial charge on any atom is -0.295 e. The Labute approximate surface area is 173 Å². The standard InChI is InChI=1S/C17H18BrFN4O5S/c1-10(2)9-29(25,26)7-3-4-14-15(21-28-20-14)16-22-27-17(24)23(16)11-5-6-13(19)12(18)8-11/h5-6,8,10H,3-4,7,9H2,1-2H3. The summed E-state index contributed by atoms with van der Waals surface area (Å²) in [5, 5.41) is 11.3. The zero-order valence-corrected chi connectivity index (χ0v) is 18.0. The first-order chi connectivity index (χ1) is 13.7. The third-order valence-electron chi connectivity index (χ3n) is 3.99. The second-order valence-corrected chi connectivity index (χ2v) is 9.96. The van der Waals surface area contributed by atoms with E-state index in [1.807, 2.05) is 13.8 Å². The number of halogens is 2. The fourth-order valence-corrected chi connectivity index (χ4v) is 4.98. The van der Waals surface area contributed by atoms with Crippen LogP contribution in [0.5, 0.6) is 0 Å². The van der Waals surface area contributed by atoms with Crippen LogP contribution in [-0.4, -0.2) is 40.0 Å². The molecule has 0 atom stereocenters. The van der Waals surface area contributed by atoms with Gasteiger partial charge in [-0.3, -0.25) is 4.52 Å². The van der Waals surface area contributed by atoms with Gasteiger partial charge in [0.25, 0.3) is 0 Å². The van der Waals surface area contributed by atoms with Crippen molar-refractivity contribution in [2.45, 2.75) is 26.7 Å². The molecule has 3 aromatic rings. The largest absolute Gasteiger partial charge is 0.446 e. The van der Waals surface area contributed by atoms with Crippen LogP contribution in [0.3, 0.4) is 0 Å². The highest BCUT2D eigenvalue weighted by atomic mass is 79.9. The molecule has 0 bridgehead atoms. The van der Waals surface area contributed by atoms with E-state index in [1.165, 1.54) is 18.2 Å². The average Bonchev–Trinajstić information content (AvgIpc) is 3.22. The van der Waals surface area contributed by atoms with Crippen LogP contribution in [0.25, 0.3) is 17.2 Å². The van der Waals surface area contributed by atoms with Crippen LogP contribution in [0.4, 0.5) is 4.39 Å². The molecule has 12 heteroatoms. The van der Waals surface area contributed by atoms with Crippen molar-refractivity contribution in [3.63, 3.8) is 0 Å². The molecular formula is C17H18BrFN4O5S. The van der Waals surface area contributed by atoms with Crippen molar-refractivity contribution in [1.29, 1.82) is 0 Å². The van der Waals surface area contributed by atoms with Crippen molar-refractivity contribution in [2.24, 2.45) is 5.92 Å². The number of aryl methyl sites for hydroxylation is 1. The molecule has 0 aliphatic rings. The number of nitrogens with zero attached hydrogens (tertiary/aromatic N) is 4. The molecule has 29 heavy (non-hydrogen) atoms. The number of hydrogen-bond acceptors (Lipinski definition) is 8. The van der Waals surface area contributed by atoms with E-state index in [1.54, 1.807) is 0 Å². The molecule has 0 unspecified atom stereocenters. The third kappa shape index (κ3) is 4.99. The highest BCUT2D eigenvalue weighted by Gasteiger charge is 2.23. The lowest BCUT2D eigenvalue weighted by atomic mass is 10.2. The maximum absolute atomic E-state index is 13.5. The molecule has 156 valence electrons. The Hall–Kier alpha value is -2.34. The lowest BCUT2D eigenvalue weighted by molar-refractivity contribution is 0.304. The van der Waals surface area contributed by atoms with Crippen LogP contribution in [-0.2, 0) is 16.3 Å². The van der Waals surface area contributed by atoms with Crippen LogP contribution >= 0.6 is 15.9 Å². The van der Waals surface area contributed by atoms with Gasteiger partial charge in [-0.2, -0.15) is 0 Å². The van der Waals surface area contributed by atoms with E-state index in [0.29, 0.717) is 17.8 Å². The highest BCUT2D eigenvalue weighted by molar-refractivity contribution is 9.10. The first kappa shape index (κ1) is 21.4. The second-order valence-electron chi connectivity index (χ2n) is 6.88. The molecule has 0 spiro atoms. The Morgan fingerprint density at radius 3 is 2.69 bits per heavy atom. The Bertz CT molecular complexity index is 1170. The SMILES string of the molecule is CC(C)CS(=O)(=O)CCCc1nonc1-c1noc(=O)n1-c1ccc(F)c(Br)c1. The Morgan fingerprint density at radius 1 is 1.24 bits per heavy atom. The molecule has 0 aliphatic carbocycles. The van der Waals surface area contributed by atoms with Crippen molar-refractivity contribution in [2.75, 3.05) is 11.5 Å². The normalized spacial score (nSPS) is 12.0. The van der Waals surface area contributed by atoms with Gasteiger partial charge in [0, 0.05) is 0 Å². The summed E-state index contributed by atoms with van der Waals surface area (Å²) in [6.07, 6.45) is 0.560. The molecule has 0 saturated carbocycles. The maximum Gasteiger partial charge on any atom is 0.446 e. The molecule has 0 aliphatic heterocycles. The predicted molar refractivity (Wildman–Crippen MR) is 105 cm³/mol. The van der Waals surface area contributed by atoms with Crippen molar-refractivity contribution in [3.05, 3.63) is 44.7 Å². The van der Waals surface area contributed by atoms with Crippen molar-refractivity contribution >= 4 is 25.8 Å². The third-order valence-corrected chi connectivity index (χ3v) is 6.68. The summed E-state index contributed by atoms with van der Waals surface area (Å²) in [5.74, 6) is -1.12. The molecule has 2 heterocycles. The second kappa shape index (κ2) is 8.57. The molecule has 1 aromatic carbocycles. The van der Waals surface area contributed by atoms with Gasteiger partial charge in [-0.15, -0.1) is 0 Å². The summed E-state index contributed by atoms with van der Waals surface area (Å²) in [6.45, 7) is 3.68. The van der Waals surface area contributed by atoms with Crippen LogP contribution in [0.2, 0.25) is 0 Å². The number of hydrogen-bond donors (Lipinski definition) is 0. The fraction of sp³-hybridized carbons (Fsp3) is 0.412. The van der Waals surface area contributed by atoms with Gasteiger partial charge < -0.3 is 0 Å². The summed E-state index contributed by atoms with van der Waals surface area (Å²) in [6, 6.07) is 3.96. The zero-order chi connectivity index (χ0) is 21.2. The Morgan fingerprint density at radius 2 is 2.00 bits per heavy atom. The van der Waals surface area contributed by atoms with Gasteiger partial charge in [0.15, 0.2) is 15.5 Å². The van der Waals surface area contributed by atoms with Gasteiger partial charge in [0.1, 0.15) is 11.5 Å². The van der Waals surface area contributed by atoms with E-state index in [2.05, 4.69) is 31.4 Å². The van der Waals surface area contributed by atoms with Crippen LogP contribution < -0.4 is 5.76 Å². The average molecular weight is 489 g/mol. The predicted octanol–water partition coefficient (Wildman–Crippen LogP) is 2.78. The molecule has 0 fully saturated rings. The van der Waals surface area contributed by atoms with E-state index in [0.717, 1.165) is 4.57 Å². The van der Waals surface area contributed by atoms with E-state index < -0.39 is 21.4 Å². The minimum atomic E-state index is -3.18. The Kier molecular flexibility index (Phi) is 6.32. The Balaban J connectivity index is 1.86. The number of sulfone groups is 1. The van der Waals surface area contributed by atoms with Crippen molar-refractivity contribution in [3.8, 4) is 17.2 Å². The van der Waals surface area contributed by atoms with Gasteiger partial charge in [-0.1, -0.05) is 24.2 Å². The fourth-order valence-electron chi connectivity index (χ4n) is 2.84. The van der Waals surface area contributed by atoms with Crippen molar-refractivity contribution < 1.29 is 22.0 Å². The van der Waals surface area contributed by atoms with E-state index in [4.69, 9.17) is 9.15 Å². The molecular weight excluding hydrogens is 471 g/mol. The summed E-state index contributed by atoms with van der Waals surface area (Å²) >= 11 is 3.07. The summed E-state index contributed by atoms with van der Waals surface area (Å²) in [5.41, 5.74) is 0.790. The van der Waals surface area contributed by atoms with E-state index in [-0.39, 0.29) is 39.8 Å². The van der Waals surface area contributed by atoms with Gasteiger partial charge in [-0.05, 0) is 58.0 Å². The smallest absolute Gasteiger partial charge is 0.295 e. The summed E-state index contributed by atoms with van der Waals surface area (Å²) < 4.78 is 48.4. The number of benzene rings is 1. The van der Waals surface area contributed by atoms with Crippen molar-refractivity contribution in [1.82, 2.24) is 20.0 Å². The quantitative estimate of drug-likeness (QED) is 0.474. The van der Waals surface area contributed by atoms with Crippen LogP contribution in [0, 0.1) is 11.7 Å². The topological polar surface area (TPSA) is 121 Å². The van der Waals surface area contributed by atoms with Gasteiger partial charge in [0.2, 0.25) is 5.82 Å². The first-order valence-corrected chi connectivity index (χ1v) is 11.4. The molecule has 0 N–H and O–H groups in total. The number of rotatable bonds is 8. The van der Waals surface area contributed by atoms with Crippen LogP contribution in [0.15, 0.2) is 36.6 Å². The van der Waals surface area contributed by atoms with Gasteiger partial charge >= 0.3 is 5.76 Å². The molecule has 0 radical (unpaired) electrons. The van der Waals surface area contributed by atoms with Gasteiger partial charge in [0.05, 0.1) is 21.7 Å². The highest BCUT2D eigenvalue weighted by Crippen LogP contribution is 2.24. The summed E-state index contributed by atoms with van der Waals surface area (Å²) in [4.78, 5) is 12.2. The molecule has 0 saturated heterocycles. The zero-order valence-electron chi connectivity index (χ0n) is 15.6. The first-order valence-electron chi connectivity index (χ1n) is 8.74. The van der Waals surface area contributed by atoms with Crippen LogP contribution in [0.1, 0.15) is 26.0 Å². The van der Waals surface area contributed by atoms with Gasteiger partial charge in [-0.25, -0.2) is 26.8 Å². The molecule has 3 rings (SSSR count). The van der Waals surface area contributed by atoms with E-state index in [9.17, 15) is 17.6 Å². The molecule has 2 aromatic heterocycles. The maximum atomic E-state index is 13.5. The molecule has 9 nitrogen and oxygen atoms in total. The lowest BCUT2D eigenvalue weighted by Gasteiger charge is -2.06. The minimum absolute atomic E-state index is 0.00594. The molecule has 0 amide bonds.